The van der Waals surface area contributed by atoms with Gasteiger partial charge in [0.2, 0.25) is 0 Å². The van der Waals surface area contributed by atoms with E-state index in [1.807, 2.05) is 0 Å². The van der Waals surface area contributed by atoms with Crippen molar-refractivity contribution in [1.29, 1.82) is 0 Å². The summed E-state index contributed by atoms with van der Waals surface area (Å²) in [6, 6.07) is 1.73. The van der Waals surface area contributed by atoms with Gasteiger partial charge in [0.1, 0.15) is 24.0 Å². The fourth-order valence-electron chi connectivity index (χ4n) is 2.82. The Labute approximate surface area is 173 Å². The van der Waals surface area contributed by atoms with Crippen LogP contribution in [0.15, 0.2) is 31.1 Å². The van der Waals surface area contributed by atoms with Gasteiger partial charge in [-0.05, 0) is 19.9 Å². The zero-order valence-corrected chi connectivity index (χ0v) is 16.5. The van der Waals surface area contributed by atoms with Crippen LogP contribution in [-0.4, -0.2) is 34.7 Å². The van der Waals surface area contributed by atoms with Crippen LogP contribution in [-0.2, 0) is 0 Å². The lowest BCUT2D eigenvalue weighted by atomic mass is 10.1. The van der Waals surface area contributed by atoms with E-state index in [2.05, 4.69) is 30.0 Å². The second-order valence-corrected chi connectivity index (χ2v) is 6.77. The van der Waals surface area contributed by atoms with Crippen LogP contribution < -0.4 is 10.5 Å². The number of nitrogen functional groups attached to an aromatic ring is 1. The first-order valence-corrected chi connectivity index (χ1v) is 9.10. The molecule has 0 saturated carbocycles. The molecule has 0 bridgehead atoms. The van der Waals surface area contributed by atoms with Crippen LogP contribution in [0.1, 0.15) is 31.1 Å². The average molecular weight is 433 g/mol. The standard InChI is InChI=1S/C18H15ClF2N8O/c1-8-11(19)3-10(4-23-8)14-15-13(16(22)26-6-25-15)12(5-24-14)30-9(2)17-27-7-29(28-17)18(20)21/h3-7,9,18H,1-2H3,(H2,22,25,26)/t9-/m1/s1. The Kier molecular flexibility index (Phi) is 5.12. The molecule has 0 radical (unpaired) electrons. The molecular weight excluding hydrogens is 418 g/mol. The Morgan fingerprint density at radius 3 is 2.63 bits per heavy atom. The number of ether oxygens (including phenoxy) is 1. The molecule has 0 amide bonds. The molecule has 4 aromatic rings. The van der Waals surface area contributed by atoms with Gasteiger partial charge in [0, 0.05) is 11.8 Å². The van der Waals surface area contributed by atoms with Crippen LogP contribution in [0.25, 0.3) is 22.2 Å². The van der Waals surface area contributed by atoms with Crippen molar-refractivity contribution in [2.45, 2.75) is 26.5 Å². The van der Waals surface area contributed by atoms with Crippen molar-refractivity contribution in [3.8, 4) is 17.0 Å². The number of hydrogen-bond donors (Lipinski definition) is 1. The first-order chi connectivity index (χ1) is 14.3. The Hall–Kier alpha value is -3.47. The van der Waals surface area contributed by atoms with E-state index in [9.17, 15) is 8.78 Å². The van der Waals surface area contributed by atoms with Crippen LogP contribution in [0, 0.1) is 6.92 Å². The highest BCUT2D eigenvalue weighted by molar-refractivity contribution is 6.31. The molecular formula is C18H15ClF2N8O. The zero-order chi connectivity index (χ0) is 21.4. The summed E-state index contributed by atoms with van der Waals surface area (Å²) in [7, 11) is 0. The Morgan fingerprint density at radius 1 is 1.13 bits per heavy atom. The average Bonchev–Trinajstić information content (AvgIpc) is 3.21. The Bertz CT molecular complexity index is 1230. The van der Waals surface area contributed by atoms with Crippen molar-refractivity contribution < 1.29 is 13.5 Å². The summed E-state index contributed by atoms with van der Waals surface area (Å²) in [6.07, 6.45) is 4.57. The predicted molar refractivity (Wildman–Crippen MR) is 105 cm³/mol. The van der Waals surface area contributed by atoms with Gasteiger partial charge in [0.15, 0.2) is 17.7 Å². The molecule has 9 nitrogen and oxygen atoms in total. The molecule has 30 heavy (non-hydrogen) atoms. The van der Waals surface area contributed by atoms with Gasteiger partial charge in [-0.3, -0.25) is 4.98 Å². The summed E-state index contributed by atoms with van der Waals surface area (Å²) < 4.78 is 31.8. The van der Waals surface area contributed by atoms with Gasteiger partial charge in [-0.15, -0.1) is 5.10 Å². The lowest BCUT2D eigenvalue weighted by Crippen LogP contribution is -2.09. The summed E-state index contributed by atoms with van der Waals surface area (Å²) in [5.41, 5.74) is 8.33. The van der Waals surface area contributed by atoms with Crippen LogP contribution in [0.4, 0.5) is 14.6 Å². The second-order valence-electron chi connectivity index (χ2n) is 6.37. The maximum Gasteiger partial charge on any atom is 0.334 e. The third kappa shape index (κ3) is 3.59. The largest absolute Gasteiger partial charge is 0.480 e. The van der Waals surface area contributed by atoms with Crippen LogP contribution in [0.2, 0.25) is 5.02 Å². The van der Waals surface area contributed by atoms with Crippen LogP contribution >= 0.6 is 11.6 Å². The molecule has 0 unspecified atom stereocenters. The zero-order valence-electron chi connectivity index (χ0n) is 15.8. The fraction of sp³-hybridized carbons (Fsp3) is 0.222. The number of rotatable bonds is 5. The van der Waals surface area contributed by atoms with E-state index in [0.29, 0.717) is 37.6 Å². The van der Waals surface area contributed by atoms with Gasteiger partial charge in [-0.25, -0.2) is 19.9 Å². The third-order valence-corrected chi connectivity index (χ3v) is 4.73. The molecule has 2 N–H and O–H groups in total. The van der Waals surface area contributed by atoms with E-state index in [-0.39, 0.29) is 17.4 Å². The summed E-state index contributed by atoms with van der Waals surface area (Å²) in [6.45, 7) is 0.618. The first-order valence-electron chi connectivity index (χ1n) is 8.72. The predicted octanol–water partition coefficient (Wildman–Crippen LogP) is 3.76. The molecule has 0 aliphatic rings. The molecule has 4 rings (SSSR count). The van der Waals surface area contributed by atoms with E-state index in [1.165, 1.54) is 12.5 Å². The summed E-state index contributed by atoms with van der Waals surface area (Å²) in [5.74, 6) is 0.513. The first kappa shape index (κ1) is 19.8. The number of hydrogen-bond acceptors (Lipinski definition) is 8. The number of nitrogens with two attached hydrogens (primary N) is 1. The van der Waals surface area contributed by atoms with Gasteiger partial charge >= 0.3 is 6.55 Å². The molecule has 0 saturated heterocycles. The number of aromatic nitrogens is 7. The van der Waals surface area contributed by atoms with Gasteiger partial charge < -0.3 is 10.5 Å². The number of fused-ring (bicyclic) bond motifs is 1. The maximum atomic E-state index is 12.8. The van der Waals surface area contributed by atoms with E-state index in [1.54, 1.807) is 26.1 Å². The highest BCUT2D eigenvalue weighted by Crippen LogP contribution is 2.36. The number of nitrogens with zero attached hydrogens (tertiary/aromatic N) is 7. The normalized spacial score (nSPS) is 12.5. The SMILES string of the molecule is Cc1ncc(-c2ncc(O[C@H](C)c3ncn(C(F)F)n3)c3c(N)ncnc23)cc1Cl. The van der Waals surface area contributed by atoms with E-state index >= 15 is 0 Å². The van der Waals surface area contributed by atoms with Crippen LogP contribution in [0.5, 0.6) is 5.75 Å². The van der Waals surface area contributed by atoms with Crippen molar-refractivity contribution in [2.75, 3.05) is 5.73 Å². The van der Waals surface area contributed by atoms with Crippen molar-refractivity contribution in [1.82, 2.24) is 34.7 Å². The third-order valence-electron chi connectivity index (χ3n) is 4.35. The minimum absolute atomic E-state index is 0.0810. The molecule has 0 fully saturated rings. The second kappa shape index (κ2) is 7.75. The highest BCUT2D eigenvalue weighted by Gasteiger charge is 2.20. The number of anilines is 1. The van der Waals surface area contributed by atoms with Crippen LogP contribution in [0.3, 0.4) is 0 Å². The number of pyridine rings is 2. The van der Waals surface area contributed by atoms with Gasteiger partial charge in [0.05, 0.1) is 28.0 Å². The Balaban J connectivity index is 1.77. The lowest BCUT2D eigenvalue weighted by Gasteiger charge is -2.15. The van der Waals surface area contributed by atoms with E-state index in [0.717, 1.165) is 6.33 Å². The summed E-state index contributed by atoms with van der Waals surface area (Å²) in [5, 5.41) is 4.62. The van der Waals surface area contributed by atoms with Gasteiger partial charge in [-0.2, -0.15) is 13.5 Å². The molecule has 0 aliphatic heterocycles. The topological polar surface area (TPSA) is 118 Å². The fourth-order valence-corrected chi connectivity index (χ4v) is 2.98. The summed E-state index contributed by atoms with van der Waals surface area (Å²) >= 11 is 6.20. The number of aryl methyl sites for hydroxylation is 1. The van der Waals surface area contributed by atoms with Crippen molar-refractivity contribution >= 4 is 28.3 Å². The number of alkyl halides is 2. The lowest BCUT2D eigenvalue weighted by molar-refractivity contribution is 0.0550. The highest BCUT2D eigenvalue weighted by atomic mass is 35.5. The van der Waals surface area contributed by atoms with E-state index in [4.69, 9.17) is 22.1 Å². The van der Waals surface area contributed by atoms with Gasteiger partial charge in [0.25, 0.3) is 0 Å². The smallest absolute Gasteiger partial charge is 0.334 e. The summed E-state index contributed by atoms with van der Waals surface area (Å²) in [4.78, 5) is 20.9. The molecule has 4 heterocycles. The Morgan fingerprint density at radius 2 is 1.93 bits per heavy atom. The molecule has 0 aliphatic carbocycles. The minimum Gasteiger partial charge on any atom is -0.480 e. The number of halogens is 3. The minimum atomic E-state index is -2.79. The van der Waals surface area contributed by atoms with Crippen molar-refractivity contribution in [2.24, 2.45) is 0 Å². The molecule has 12 heteroatoms. The maximum absolute atomic E-state index is 12.8. The van der Waals surface area contributed by atoms with E-state index < -0.39 is 12.7 Å². The molecule has 1 atom stereocenters. The molecule has 4 aromatic heterocycles. The molecule has 0 spiro atoms. The van der Waals surface area contributed by atoms with Crippen molar-refractivity contribution in [3.05, 3.63) is 47.7 Å². The monoisotopic (exact) mass is 432 g/mol. The van der Waals surface area contributed by atoms with Gasteiger partial charge in [-0.1, -0.05) is 11.6 Å². The molecule has 0 aromatic carbocycles. The molecule has 154 valence electrons. The quantitative estimate of drug-likeness (QED) is 0.506. The van der Waals surface area contributed by atoms with Crippen molar-refractivity contribution in [3.63, 3.8) is 0 Å².